The molecule has 6 rings (SSSR count). The van der Waals surface area contributed by atoms with Gasteiger partial charge >= 0.3 is 0 Å². The van der Waals surface area contributed by atoms with Crippen LogP contribution in [0, 0.1) is 45.4 Å². The van der Waals surface area contributed by atoms with Crippen molar-refractivity contribution < 1.29 is 9.47 Å². The lowest BCUT2D eigenvalue weighted by Crippen LogP contribution is -2.36. The second-order valence-electron chi connectivity index (χ2n) is 17.9. The fourth-order valence-corrected chi connectivity index (χ4v) is 10.3. The summed E-state index contributed by atoms with van der Waals surface area (Å²) in [7, 11) is 0. The van der Waals surface area contributed by atoms with Gasteiger partial charge in [0.1, 0.15) is 23.0 Å². The Kier molecular flexibility index (Phi) is 14.9. The number of benzene rings is 4. The molecule has 4 N–H and O–H groups in total. The second-order valence-corrected chi connectivity index (χ2v) is 17.9. The monoisotopic (exact) mass is 757 g/mol. The Morgan fingerprint density at radius 1 is 0.500 bits per heavy atom. The minimum absolute atomic E-state index is 0.0618. The summed E-state index contributed by atoms with van der Waals surface area (Å²) in [4.78, 5) is 0. The summed E-state index contributed by atoms with van der Waals surface area (Å²) >= 11 is 0. The highest BCUT2D eigenvalue weighted by Crippen LogP contribution is 2.52. The van der Waals surface area contributed by atoms with E-state index in [4.69, 9.17) is 20.9 Å². The molecule has 4 nitrogen and oxygen atoms in total. The lowest BCUT2D eigenvalue weighted by molar-refractivity contribution is 0.140. The average Bonchev–Trinajstić information content (AvgIpc) is 3.20. The lowest BCUT2D eigenvalue weighted by atomic mass is 9.59. The van der Waals surface area contributed by atoms with Crippen molar-refractivity contribution in [2.75, 3.05) is 11.5 Å². The van der Waals surface area contributed by atoms with Crippen molar-refractivity contribution in [2.24, 2.45) is 17.8 Å². The smallest absolute Gasteiger partial charge is 0.133 e. The molecule has 0 bridgehead atoms. The number of aryl methyl sites for hydroxylation is 4. The van der Waals surface area contributed by atoms with Gasteiger partial charge < -0.3 is 20.9 Å². The highest BCUT2D eigenvalue weighted by molar-refractivity contribution is 5.55. The van der Waals surface area contributed by atoms with Gasteiger partial charge in [-0.3, -0.25) is 0 Å². The number of ether oxygens (including phenoxy) is 2. The van der Waals surface area contributed by atoms with Gasteiger partial charge in [-0.15, -0.1) is 0 Å². The number of hydrogen-bond donors (Lipinski definition) is 2. The summed E-state index contributed by atoms with van der Waals surface area (Å²) in [6.45, 7) is 11.1. The minimum Gasteiger partial charge on any atom is -0.457 e. The molecule has 4 heteroatoms. The van der Waals surface area contributed by atoms with E-state index in [-0.39, 0.29) is 5.41 Å². The van der Waals surface area contributed by atoms with E-state index < -0.39 is 0 Å². The summed E-state index contributed by atoms with van der Waals surface area (Å²) in [5, 5.41) is 0. The van der Waals surface area contributed by atoms with Crippen molar-refractivity contribution in [2.45, 2.75) is 162 Å². The standard InChI is InChI=1S/C52H72N2O2/c1-6-7-8-9-10-11-12-13-14-15-16-41-17-19-42(20-18-41)43-29-31-52(32-30-43,44-33-37(2)50(38(3)34-44)55-48-25-21-46(53)22-26-48)45-35-39(4)51(40(5)36-45)56-49-27-23-47(54)24-28-49/h21-28,33-36,41-43H,6-20,29-32,53-54H2,1-5H3/t41-,42-. The maximum absolute atomic E-state index is 6.48. The molecule has 0 saturated heterocycles. The molecule has 4 aromatic rings. The van der Waals surface area contributed by atoms with Gasteiger partial charge in [0, 0.05) is 16.8 Å². The number of rotatable bonds is 18. The quantitative estimate of drug-likeness (QED) is 0.0783. The average molecular weight is 757 g/mol. The van der Waals surface area contributed by atoms with Gasteiger partial charge in [0.15, 0.2) is 0 Å². The fourth-order valence-electron chi connectivity index (χ4n) is 10.3. The summed E-state index contributed by atoms with van der Waals surface area (Å²) in [6, 6.07) is 25.1. The molecule has 302 valence electrons. The lowest BCUT2D eigenvalue weighted by Gasteiger charge is -2.45. The Morgan fingerprint density at radius 2 is 0.875 bits per heavy atom. The largest absolute Gasteiger partial charge is 0.457 e. The predicted molar refractivity (Wildman–Crippen MR) is 238 cm³/mol. The van der Waals surface area contributed by atoms with Crippen LogP contribution in [0.2, 0.25) is 0 Å². The number of unbranched alkanes of at least 4 members (excludes halogenated alkanes) is 9. The van der Waals surface area contributed by atoms with Gasteiger partial charge in [-0.25, -0.2) is 0 Å². The van der Waals surface area contributed by atoms with Gasteiger partial charge in [-0.1, -0.05) is 115 Å². The Balaban J connectivity index is 1.13. The van der Waals surface area contributed by atoms with Gasteiger partial charge in [0.2, 0.25) is 0 Å². The van der Waals surface area contributed by atoms with Crippen molar-refractivity contribution in [3.05, 3.63) is 106 Å². The Labute approximate surface area is 340 Å². The van der Waals surface area contributed by atoms with Crippen molar-refractivity contribution >= 4 is 11.4 Å². The molecule has 0 atom stereocenters. The number of anilines is 2. The van der Waals surface area contributed by atoms with E-state index in [1.165, 1.54) is 155 Å². The number of nitrogens with two attached hydrogens (primary N) is 2. The molecule has 0 heterocycles. The number of nitrogen functional groups attached to an aromatic ring is 2. The molecule has 0 amide bonds. The molecule has 0 aliphatic heterocycles. The Morgan fingerprint density at radius 3 is 1.29 bits per heavy atom. The van der Waals surface area contributed by atoms with Crippen LogP contribution in [-0.2, 0) is 5.41 Å². The molecular formula is C52H72N2O2. The zero-order chi connectivity index (χ0) is 39.5. The number of hydrogen-bond acceptors (Lipinski definition) is 4. The molecule has 2 aliphatic carbocycles. The molecular weight excluding hydrogens is 685 g/mol. The highest BCUT2D eigenvalue weighted by Gasteiger charge is 2.42. The summed E-state index contributed by atoms with van der Waals surface area (Å²) < 4.78 is 13.0. The SMILES string of the molecule is CCCCCCCCCCCC[C@H]1CC[C@H](C2CCC(c3cc(C)c(Oc4ccc(N)cc4)c(C)c3)(c3cc(C)c(Oc4ccc(N)cc4)c(C)c3)CC2)CC1. The molecule has 0 spiro atoms. The van der Waals surface area contributed by atoms with Crippen LogP contribution in [0.1, 0.15) is 162 Å². The van der Waals surface area contributed by atoms with E-state index in [9.17, 15) is 0 Å². The van der Waals surface area contributed by atoms with E-state index in [0.717, 1.165) is 52.1 Å². The van der Waals surface area contributed by atoms with Crippen LogP contribution < -0.4 is 20.9 Å². The Hall–Kier alpha value is -3.92. The van der Waals surface area contributed by atoms with Crippen molar-refractivity contribution in [1.82, 2.24) is 0 Å². The van der Waals surface area contributed by atoms with Crippen LogP contribution in [0.15, 0.2) is 72.8 Å². The molecule has 56 heavy (non-hydrogen) atoms. The zero-order valence-corrected chi connectivity index (χ0v) is 35.6. The van der Waals surface area contributed by atoms with Gasteiger partial charge in [-0.05, 0) is 166 Å². The summed E-state index contributed by atoms with van der Waals surface area (Å²) in [6.07, 6.45) is 26.5. The topological polar surface area (TPSA) is 70.5 Å². The van der Waals surface area contributed by atoms with Crippen molar-refractivity contribution in [1.29, 1.82) is 0 Å². The third-order valence-electron chi connectivity index (χ3n) is 13.6. The third kappa shape index (κ3) is 10.7. The zero-order valence-electron chi connectivity index (χ0n) is 35.6. The normalized spacial score (nSPS) is 18.5. The molecule has 2 saturated carbocycles. The highest BCUT2D eigenvalue weighted by atomic mass is 16.5. The summed E-state index contributed by atoms with van der Waals surface area (Å²) in [5.74, 6) is 6.18. The summed E-state index contributed by atoms with van der Waals surface area (Å²) in [5.41, 5.74) is 20.9. The van der Waals surface area contributed by atoms with Crippen molar-refractivity contribution in [3.8, 4) is 23.0 Å². The maximum atomic E-state index is 6.48. The first-order valence-corrected chi connectivity index (χ1v) is 22.5. The molecule has 0 unspecified atom stereocenters. The van der Waals surface area contributed by atoms with Crippen LogP contribution in [-0.4, -0.2) is 0 Å². The Bertz CT molecular complexity index is 1660. The van der Waals surface area contributed by atoms with E-state index in [2.05, 4.69) is 58.9 Å². The van der Waals surface area contributed by atoms with Crippen LogP contribution in [0.5, 0.6) is 23.0 Å². The van der Waals surface area contributed by atoms with Gasteiger partial charge in [0.05, 0.1) is 0 Å². The molecule has 4 aromatic carbocycles. The molecule has 2 aliphatic rings. The van der Waals surface area contributed by atoms with Gasteiger partial charge in [-0.2, -0.15) is 0 Å². The minimum atomic E-state index is -0.0618. The molecule has 0 radical (unpaired) electrons. The molecule has 2 fully saturated rings. The first-order chi connectivity index (χ1) is 27.1. The third-order valence-corrected chi connectivity index (χ3v) is 13.6. The molecule has 0 aromatic heterocycles. The second kappa shape index (κ2) is 20.0. The fraction of sp³-hybridized carbons (Fsp3) is 0.538. The first kappa shape index (κ1) is 41.7. The van der Waals surface area contributed by atoms with Crippen LogP contribution in [0.3, 0.4) is 0 Å². The van der Waals surface area contributed by atoms with E-state index in [0.29, 0.717) is 0 Å². The van der Waals surface area contributed by atoms with Crippen LogP contribution in [0.4, 0.5) is 11.4 Å². The van der Waals surface area contributed by atoms with E-state index in [1.54, 1.807) is 0 Å². The van der Waals surface area contributed by atoms with Gasteiger partial charge in [0.25, 0.3) is 0 Å². The van der Waals surface area contributed by atoms with Crippen LogP contribution >= 0.6 is 0 Å². The van der Waals surface area contributed by atoms with E-state index >= 15 is 0 Å². The predicted octanol–water partition coefficient (Wildman–Crippen LogP) is 15.3. The van der Waals surface area contributed by atoms with Crippen molar-refractivity contribution in [3.63, 3.8) is 0 Å². The maximum Gasteiger partial charge on any atom is 0.133 e. The van der Waals surface area contributed by atoms with E-state index in [1.807, 2.05) is 48.5 Å². The first-order valence-electron chi connectivity index (χ1n) is 22.5. The van der Waals surface area contributed by atoms with Crippen LogP contribution in [0.25, 0.3) is 0 Å².